The molecule has 2 aromatic carbocycles. The van der Waals surface area contributed by atoms with Gasteiger partial charge in [-0.05, 0) is 69.3 Å². The standard InChI is InChI=1S/C20H26ClN/c1-20(2,3)22-15-18(12-16-8-5-4-6-9-16)13-17-10-7-11-19(21)14-17/h4-11,14,18,22H,12-13,15H2,1-3H3. The van der Waals surface area contributed by atoms with Gasteiger partial charge in [-0.2, -0.15) is 0 Å². The van der Waals surface area contributed by atoms with Crippen LogP contribution in [-0.2, 0) is 12.8 Å². The number of hydrogen-bond donors (Lipinski definition) is 1. The van der Waals surface area contributed by atoms with Gasteiger partial charge < -0.3 is 5.32 Å². The molecule has 0 saturated carbocycles. The van der Waals surface area contributed by atoms with Gasteiger partial charge in [0.1, 0.15) is 0 Å². The van der Waals surface area contributed by atoms with Crippen LogP contribution in [0.2, 0.25) is 5.02 Å². The van der Waals surface area contributed by atoms with Gasteiger partial charge in [0.05, 0.1) is 0 Å². The first-order chi connectivity index (χ1) is 10.4. The molecule has 0 heterocycles. The number of nitrogens with one attached hydrogen (secondary N) is 1. The van der Waals surface area contributed by atoms with Crippen LogP contribution in [0.5, 0.6) is 0 Å². The minimum Gasteiger partial charge on any atom is -0.312 e. The van der Waals surface area contributed by atoms with E-state index in [2.05, 4.69) is 68.6 Å². The molecule has 1 unspecified atom stereocenters. The van der Waals surface area contributed by atoms with Crippen LogP contribution < -0.4 is 5.32 Å². The van der Waals surface area contributed by atoms with Crippen LogP contribution in [0.15, 0.2) is 54.6 Å². The average Bonchev–Trinajstić information content (AvgIpc) is 2.45. The summed E-state index contributed by atoms with van der Waals surface area (Å²) in [5, 5.41) is 4.46. The Hall–Kier alpha value is -1.31. The number of hydrogen-bond acceptors (Lipinski definition) is 1. The van der Waals surface area contributed by atoms with Crippen molar-refractivity contribution in [1.82, 2.24) is 5.32 Å². The molecule has 0 aliphatic heterocycles. The van der Waals surface area contributed by atoms with Crippen LogP contribution in [0.3, 0.4) is 0 Å². The lowest BCUT2D eigenvalue weighted by Gasteiger charge is -2.25. The monoisotopic (exact) mass is 315 g/mol. The molecular weight excluding hydrogens is 290 g/mol. The third-order valence-corrected chi connectivity index (χ3v) is 3.94. The molecule has 2 aromatic rings. The smallest absolute Gasteiger partial charge is 0.0408 e. The highest BCUT2D eigenvalue weighted by molar-refractivity contribution is 6.30. The van der Waals surface area contributed by atoms with E-state index in [4.69, 9.17) is 11.6 Å². The Kier molecular flexibility index (Phi) is 6.05. The maximum absolute atomic E-state index is 6.12. The van der Waals surface area contributed by atoms with Gasteiger partial charge in [0, 0.05) is 10.6 Å². The van der Waals surface area contributed by atoms with E-state index < -0.39 is 0 Å². The molecule has 0 fully saturated rings. The highest BCUT2D eigenvalue weighted by atomic mass is 35.5. The Morgan fingerprint density at radius 3 is 2.18 bits per heavy atom. The third kappa shape index (κ3) is 6.21. The van der Waals surface area contributed by atoms with Gasteiger partial charge >= 0.3 is 0 Å². The molecule has 0 aromatic heterocycles. The fourth-order valence-corrected chi connectivity index (χ4v) is 2.82. The summed E-state index contributed by atoms with van der Waals surface area (Å²) >= 11 is 6.12. The van der Waals surface area contributed by atoms with Crippen molar-refractivity contribution in [2.75, 3.05) is 6.54 Å². The van der Waals surface area contributed by atoms with Gasteiger partial charge in [-0.15, -0.1) is 0 Å². The van der Waals surface area contributed by atoms with Crippen molar-refractivity contribution in [2.45, 2.75) is 39.2 Å². The van der Waals surface area contributed by atoms with E-state index >= 15 is 0 Å². The largest absolute Gasteiger partial charge is 0.312 e. The predicted molar refractivity (Wildman–Crippen MR) is 96.5 cm³/mol. The Morgan fingerprint density at radius 2 is 1.55 bits per heavy atom. The summed E-state index contributed by atoms with van der Waals surface area (Å²) < 4.78 is 0. The summed E-state index contributed by atoms with van der Waals surface area (Å²) in [6.07, 6.45) is 2.12. The average molecular weight is 316 g/mol. The summed E-state index contributed by atoms with van der Waals surface area (Å²) in [6.45, 7) is 7.65. The zero-order valence-electron chi connectivity index (χ0n) is 13.8. The van der Waals surface area contributed by atoms with Gasteiger partial charge in [0.2, 0.25) is 0 Å². The summed E-state index contributed by atoms with van der Waals surface area (Å²) in [5.74, 6) is 0.556. The van der Waals surface area contributed by atoms with Gasteiger partial charge in [-0.1, -0.05) is 54.1 Å². The number of halogens is 1. The van der Waals surface area contributed by atoms with Crippen molar-refractivity contribution in [1.29, 1.82) is 0 Å². The lowest BCUT2D eigenvalue weighted by atomic mass is 9.91. The predicted octanol–water partition coefficient (Wildman–Crippen LogP) is 5.13. The first kappa shape index (κ1) is 17.1. The maximum Gasteiger partial charge on any atom is 0.0408 e. The fraction of sp³-hybridized carbons (Fsp3) is 0.400. The SMILES string of the molecule is CC(C)(C)NCC(Cc1ccccc1)Cc1cccc(Cl)c1. The van der Waals surface area contributed by atoms with E-state index in [0.29, 0.717) is 5.92 Å². The van der Waals surface area contributed by atoms with Crippen molar-refractivity contribution in [3.05, 3.63) is 70.7 Å². The fourth-order valence-electron chi connectivity index (χ4n) is 2.61. The van der Waals surface area contributed by atoms with Crippen LogP contribution >= 0.6 is 11.6 Å². The van der Waals surface area contributed by atoms with Gasteiger partial charge in [-0.3, -0.25) is 0 Å². The van der Waals surface area contributed by atoms with Crippen LogP contribution in [0.25, 0.3) is 0 Å². The molecule has 1 nitrogen and oxygen atoms in total. The van der Waals surface area contributed by atoms with Crippen molar-refractivity contribution < 1.29 is 0 Å². The molecule has 0 saturated heterocycles. The van der Waals surface area contributed by atoms with Crippen molar-refractivity contribution in [3.8, 4) is 0 Å². The zero-order valence-corrected chi connectivity index (χ0v) is 14.5. The third-order valence-electron chi connectivity index (χ3n) is 3.70. The van der Waals surface area contributed by atoms with Gasteiger partial charge in [0.25, 0.3) is 0 Å². The van der Waals surface area contributed by atoms with Crippen molar-refractivity contribution in [2.24, 2.45) is 5.92 Å². The zero-order chi connectivity index (χ0) is 16.0. The molecule has 0 bridgehead atoms. The van der Waals surface area contributed by atoms with Crippen molar-refractivity contribution in [3.63, 3.8) is 0 Å². The van der Waals surface area contributed by atoms with E-state index in [1.54, 1.807) is 0 Å². The minimum absolute atomic E-state index is 0.142. The van der Waals surface area contributed by atoms with Crippen LogP contribution in [0.4, 0.5) is 0 Å². The molecule has 0 amide bonds. The molecule has 0 aliphatic rings. The first-order valence-corrected chi connectivity index (χ1v) is 8.33. The summed E-state index contributed by atoms with van der Waals surface area (Å²) in [6, 6.07) is 18.9. The number of benzene rings is 2. The number of rotatable bonds is 6. The summed E-state index contributed by atoms with van der Waals surface area (Å²) in [5.41, 5.74) is 2.85. The van der Waals surface area contributed by atoms with E-state index in [9.17, 15) is 0 Å². The van der Waals surface area contributed by atoms with Crippen LogP contribution in [0, 0.1) is 5.92 Å². The molecule has 0 radical (unpaired) electrons. The molecule has 2 rings (SSSR count). The minimum atomic E-state index is 0.142. The molecule has 1 atom stereocenters. The molecule has 1 N–H and O–H groups in total. The Balaban J connectivity index is 2.07. The normalized spacial score (nSPS) is 13.1. The Bertz CT molecular complexity index is 572. The second-order valence-electron chi connectivity index (χ2n) is 7.02. The van der Waals surface area contributed by atoms with E-state index in [1.165, 1.54) is 11.1 Å². The van der Waals surface area contributed by atoms with E-state index in [0.717, 1.165) is 24.4 Å². The topological polar surface area (TPSA) is 12.0 Å². The second kappa shape index (κ2) is 7.80. The Labute approximate surface area is 139 Å². The lowest BCUT2D eigenvalue weighted by Crippen LogP contribution is -2.40. The maximum atomic E-state index is 6.12. The van der Waals surface area contributed by atoms with Gasteiger partial charge in [0.15, 0.2) is 0 Å². The van der Waals surface area contributed by atoms with E-state index in [1.807, 2.05) is 12.1 Å². The summed E-state index contributed by atoms with van der Waals surface area (Å²) in [4.78, 5) is 0. The molecule has 0 aliphatic carbocycles. The highest BCUT2D eigenvalue weighted by Gasteiger charge is 2.15. The first-order valence-electron chi connectivity index (χ1n) is 7.96. The quantitative estimate of drug-likeness (QED) is 0.779. The van der Waals surface area contributed by atoms with E-state index in [-0.39, 0.29) is 5.54 Å². The molecule has 22 heavy (non-hydrogen) atoms. The molecular formula is C20H26ClN. The Morgan fingerprint density at radius 1 is 0.909 bits per heavy atom. The molecule has 118 valence electrons. The van der Waals surface area contributed by atoms with Crippen LogP contribution in [0.1, 0.15) is 31.9 Å². The molecule has 2 heteroatoms. The summed E-state index contributed by atoms with van der Waals surface area (Å²) in [7, 11) is 0. The lowest BCUT2D eigenvalue weighted by molar-refractivity contribution is 0.367. The second-order valence-corrected chi connectivity index (χ2v) is 7.46. The van der Waals surface area contributed by atoms with Crippen LogP contribution in [-0.4, -0.2) is 12.1 Å². The molecule has 0 spiro atoms. The van der Waals surface area contributed by atoms with Crippen molar-refractivity contribution >= 4 is 11.6 Å². The highest BCUT2D eigenvalue weighted by Crippen LogP contribution is 2.18. The van der Waals surface area contributed by atoms with Gasteiger partial charge in [-0.25, -0.2) is 0 Å².